The number of hydrogen-bond acceptors (Lipinski definition) is 0. The molecule has 0 nitrogen and oxygen atoms in total. The maximum absolute atomic E-state index is 6.35. The Bertz CT molecular complexity index is 455. The maximum atomic E-state index is 6.35. The summed E-state index contributed by atoms with van der Waals surface area (Å²) in [5.41, 5.74) is 0. The predicted octanol–water partition coefficient (Wildman–Crippen LogP) is -1.04. The zero-order valence-electron chi connectivity index (χ0n) is 15.2. The quantitative estimate of drug-likeness (QED) is 0.271. The van der Waals surface area contributed by atoms with Gasteiger partial charge in [-0.1, -0.05) is 46.2 Å². The van der Waals surface area contributed by atoms with Gasteiger partial charge in [-0.15, -0.1) is 0 Å². The summed E-state index contributed by atoms with van der Waals surface area (Å²) in [5, 5.41) is 1.61. The summed E-state index contributed by atoms with van der Waals surface area (Å²) in [6.45, 7) is 9.63. The molecule has 1 atom stereocenters. The van der Waals surface area contributed by atoms with E-state index in [4.69, 9.17) is 11.1 Å². The molecule has 0 heterocycles. The normalized spacial score (nSPS) is 12.9. The molecule has 0 N–H and O–H groups in total. The second kappa shape index (κ2) is 15.0. The third-order valence-corrected chi connectivity index (χ3v) is 16.9. The first kappa shape index (κ1) is 29.6. The van der Waals surface area contributed by atoms with Gasteiger partial charge in [0.2, 0.25) is 0 Å². The third kappa shape index (κ3) is 8.51. The van der Waals surface area contributed by atoms with Crippen LogP contribution < -0.4 is 30.0 Å². The van der Waals surface area contributed by atoms with Crippen LogP contribution in [0, 0.1) is 0 Å². The fraction of sp³-hybridized carbons (Fsp3) is 0.444. The molecule has 0 aliphatic heterocycles. The van der Waals surface area contributed by atoms with Crippen molar-refractivity contribution in [1.29, 1.82) is 0 Å². The maximum Gasteiger partial charge on any atom is 4.00 e. The molecule has 0 radical (unpaired) electrons. The van der Waals surface area contributed by atoms with Crippen LogP contribution in [0.3, 0.4) is 0 Å². The van der Waals surface area contributed by atoms with Crippen LogP contribution >= 0.6 is 11.1 Å². The second-order valence-electron chi connectivity index (χ2n) is 6.59. The van der Waals surface area contributed by atoms with Gasteiger partial charge in [0, 0.05) is 8.07 Å². The van der Waals surface area contributed by atoms with Crippen molar-refractivity contribution < 1.29 is 51.0 Å². The molecule has 0 bridgehead atoms. The smallest absolute Gasteiger partial charge is 1.00 e. The van der Waals surface area contributed by atoms with Crippen molar-refractivity contribution in [1.82, 2.24) is 0 Å². The summed E-state index contributed by atoms with van der Waals surface area (Å²) < 4.78 is 0.415. The van der Waals surface area contributed by atoms with Gasteiger partial charge >= 0.3 is 26.2 Å². The van der Waals surface area contributed by atoms with E-state index in [0.29, 0.717) is 4.66 Å². The molecule has 0 aliphatic rings. The Morgan fingerprint density at radius 3 is 1.92 bits per heavy atom. The average molecular weight is 499 g/mol. The number of hydrogen-bond donors (Lipinski definition) is 0. The first-order valence-corrected chi connectivity index (χ1v) is 13.5. The van der Waals surface area contributed by atoms with Crippen molar-refractivity contribution in [2.24, 2.45) is 0 Å². The standard InChI is InChI=1S/C13H24ClSi2.C5H5.2ClH.Zr/c1-5-6-11-16(4,13(2,3)15-14)12-9-7-8-10-12;1-2-4-5-3-1;;;/h7-10H,5-6,11,15H2,1-4H3;1-5H;2*1H;/q2*-1;;;+4/p-2. The van der Waals surface area contributed by atoms with Crippen molar-refractivity contribution in [3.05, 3.63) is 54.6 Å². The summed E-state index contributed by atoms with van der Waals surface area (Å²) in [7, 11) is -1.87. The van der Waals surface area contributed by atoms with Gasteiger partial charge in [-0.05, 0) is 4.66 Å². The molecule has 2 aromatic carbocycles. The SMILES string of the molecule is CCCC[Si](C)([c-]1cccc1)C(C)(C)[SiH2]Cl.[Cl-].[Cl-].[Zr+4].c1cc[cH-]c1. The number of unbranched alkanes of at least 4 members (excludes halogenated alkanes) is 1. The summed E-state index contributed by atoms with van der Waals surface area (Å²) in [4.78, 5) is 0. The molecule has 0 fully saturated rings. The fourth-order valence-electron chi connectivity index (χ4n) is 2.61. The van der Waals surface area contributed by atoms with Crippen molar-refractivity contribution in [2.75, 3.05) is 0 Å². The van der Waals surface area contributed by atoms with Gasteiger partial charge in [-0.25, -0.2) is 24.3 Å². The summed E-state index contributed by atoms with van der Waals surface area (Å²) in [5.74, 6) is 0. The summed E-state index contributed by atoms with van der Waals surface area (Å²) in [6.07, 6.45) is 2.64. The summed E-state index contributed by atoms with van der Waals surface area (Å²) in [6, 6.07) is 20.4. The number of rotatable bonds is 6. The van der Waals surface area contributed by atoms with E-state index < -0.39 is 16.9 Å². The molecule has 0 saturated carbocycles. The molecule has 0 aromatic heterocycles. The van der Waals surface area contributed by atoms with Crippen LogP contribution in [0.5, 0.6) is 0 Å². The van der Waals surface area contributed by atoms with Gasteiger partial charge in [-0.2, -0.15) is 46.6 Å². The third-order valence-electron chi connectivity index (χ3n) is 4.71. The van der Waals surface area contributed by atoms with Crippen LogP contribution in [0.2, 0.25) is 17.3 Å². The van der Waals surface area contributed by atoms with Crippen LogP contribution in [0.4, 0.5) is 0 Å². The molecule has 1 unspecified atom stereocenters. The van der Waals surface area contributed by atoms with Gasteiger partial charge in [0.15, 0.2) is 0 Å². The zero-order valence-corrected chi connectivity index (χ0v) is 22.3. The van der Waals surface area contributed by atoms with E-state index in [-0.39, 0.29) is 51.0 Å². The zero-order chi connectivity index (χ0) is 15.8. The van der Waals surface area contributed by atoms with E-state index >= 15 is 0 Å². The van der Waals surface area contributed by atoms with Crippen molar-refractivity contribution in [3.8, 4) is 0 Å². The molecule has 0 spiro atoms. The van der Waals surface area contributed by atoms with E-state index in [9.17, 15) is 0 Å². The Balaban J connectivity index is -0.000000475. The van der Waals surface area contributed by atoms with Gasteiger partial charge in [-0.3, -0.25) is 0 Å². The van der Waals surface area contributed by atoms with Crippen LogP contribution in [0.15, 0.2) is 54.6 Å². The van der Waals surface area contributed by atoms with Gasteiger partial charge in [0.25, 0.3) is 0 Å². The Hall–Kier alpha value is 0.887. The Morgan fingerprint density at radius 1 is 1.08 bits per heavy atom. The Labute approximate surface area is 188 Å². The molecular weight excluding hydrogens is 470 g/mol. The van der Waals surface area contributed by atoms with E-state index in [1.165, 1.54) is 18.9 Å². The van der Waals surface area contributed by atoms with Crippen LogP contribution in [0.25, 0.3) is 0 Å². The summed E-state index contributed by atoms with van der Waals surface area (Å²) >= 11 is 6.35. The minimum absolute atomic E-state index is 0. The van der Waals surface area contributed by atoms with E-state index in [0.717, 1.165) is 0 Å². The van der Waals surface area contributed by atoms with Gasteiger partial charge in [0.05, 0.1) is 0 Å². The minimum Gasteiger partial charge on any atom is -1.00 e. The van der Waals surface area contributed by atoms with E-state index in [1.54, 1.807) is 5.19 Å². The van der Waals surface area contributed by atoms with E-state index in [2.05, 4.69) is 51.6 Å². The fourth-order valence-corrected chi connectivity index (χ4v) is 11.3. The van der Waals surface area contributed by atoms with Gasteiger partial charge in [0.1, 0.15) is 8.83 Å². The first-order chi connectivity index (χ1) is 9.98. The van der Waals surface area contributed by atoms with Crippen LogP contribution in [0.1, 0.15) is 33.6 Å². The van der Waals surface area contributed by atoms with Crippen LogP contribution in [-0.2, 0) is 26.2 Å². The molecule has 0 saturated heterocycles. The predicted molar refractivity (Wildman–Crippen MR) is 103 cm³/mol. The van der Waals surface area contributed by atoms with Crippen molar-refractivity contribution in [2.45, 2.75) is 50.9 Å². The topological polar surface area (TPSA) is 0 Å². The van der Waals surface area contributed by atoms with Crippen molar-refractivity contribution >= 4 is 33.2 Å². The first-order valence-electron chi connectivity index (χ1n) is 7.93. The number of halogens is 3. The van der Waals surface area contributed by atoms with Crippen molar-refractivity contribution in [3.63, 3.8) is 0 Å². The molecular formula is C18H29Cl3Si2Zr. The molecule has 0 aliphatic carbocycles. The molecule has 134 valence electrons. The molecule has 0 amide bonds. The average Bonchev–Trinajstić information content (AvgIpc) is 3.19. The van der Waals surface area contributed by atoms with E-state index in [1.807, 2.05) is 30.3 Å². The molecule has 6 heteroatoms. The molecule has 2 rings (SSSR count). The second-order valence-corrected chi connectivity index (χ2v) is 15.2. The minimum atomic E-state index is -1.39. The molecule has 24 heavy (non-hydrogen) atoms. The monoisotopic (exact) mass is 496 g/mol. The Kier molecular flexibility index (Phi) is 18.5. The Morgan fingerprint density at radius 2 is 1.58 bits per heavy atom. The molecule has 2 aromatic rings. The van der Waals surface area contributed by atoms with Gasteiger partial charge < -0.3 is 24.8 Å². The van der Waals surface area contributed by atoms with Crippen LogP contribution in [-0.4, -0.2) is 16.9 Å². The largest absolute Gasteiger partial charge is 4.00 e.